The molecule has 6 heteroatoms. The molecule has 18 heavy (non-hydrogen) atoms. The van der Waals surface area contributed by atoms with Gasteiger partial charge in [-0.25, -0.2) is 17.2 Å². The van der Waals surface area contributed by atoms with Gasteiger partial charge >= 0.3 is 0 Å². The van der Waals surface area contributed by atoms with E-state index in [4.69, 9.17) is 0 Å². The number of hydrogen-bond acceptors (Lipinski definition) is 3. The van der Waals surface area contributed by atoms with Crippen molar-refractivity contribution in [2.45, 2.75) is 24.5 Å². The van der Waals surface area contributed by atoms with E-state index in [1.807, 2.05) is 0 Å². The zero-order chi connectivity index (χ0) is 13.3. The number of sulfone groups is 1. The molecule has 0 amide bonds. The van der Waals surface area contributed by atoms with Crippen LogP contribution in [0.5, 0.6) is 0 Å². The molecule has 1 heterocycles. The molecule has 1 aromatic rings. The van der Waals surface area contributed by atoms with E-state index in [-0.39, 0.29) is 17.7 Å². The van der Waals surface area contributed by atoms with Gasteiger partial charge in [0.1, 0.15) is 5.25 Å². The maximum atomic E-state index is 13.0. The van der Waals surface area contributed by atoms with Crippen molar-refractivity contribution >= 4 is 15.6 Å². The van der Waals surface area contributed by atoms with E-state index in [0.29, 0.717) is 12.8 Å². The third-order valence-electron chi connectivity index (χ3n) is 3.08. The van der Waals surface area contributed by atoms with E-state index in [1.165, 1.54) is 0 Å². The average molecular weight is 274 g/mol. The van der Waals surface area contributed by atoms with Crippen molar-refractivity contribution in [3.05, 3.63) is 35.4 Å². The van der Waals surface area contributed by atoms with Gasteiger partial charge in [0.05, 0.1) is 5.75 Å². The minimum absolute atomic E-state index is 0.0208. The summed E-state index contributed by atoms with van der Waals surface area (Å²) in [4.78, 5) is 12.0. The van der Waals surface area contributed by atoms with Crippen molar-refractivity contribution in [1.29, 1.82) is 0 Å². The molecule has 1 fully saturated rings. The number of hydrogen-bond donors (Lipinski definition) is 0. The lowest BCUT2D eigenvalue weighted by molar-refractivity contribution is 0.0981. The topological polar surface area (TPSA) is 51.2 Å². The van der Waals surface area contributed by atoms with E-state index < -0.39 is 32.5 Å². The molecule has 1 unspecified atom stereocenters. The van der Waals surface area contributed by atoms with Gasteiger partial charge in [0.2, 0.25) is 0 Å². The van der Waals surface area contributed by atoms with Gasteiger partial charge in [-0.1, -0.05) is 6.42 Å². The van der Waals surface area contributed by atoms with Gasteiger partial charge in [-0.2, -0.15) is 0 Å². The zero-order valence-corrected chi connectivity index (χ0v) is 10.3. The lowest BCUT2D eigenvalue weighted by atomic mass is 10.0. The van der Waals surface area contributed by atoms with E-state index in [0.717, 1.165) is 18.2 Å². The fourth-order valence-corrected chi connectivity index (χ4v) is 3.96. The highest BCUT2D eigenvalue weighted by Gasteiger charge is 2.35. The average Bonchev–Trinajstić information content (AvgIpc) is 2.31. The van der Waals surface area contributed by atoms with E-state index in [1.54, 1.807) is 0 Å². The third-order valence-corrected chi connectivity index (χ3v) is 5.25. The molecular formula is C12H12F2O3S. The Morgan fingerprint density at radius 1 is 1.17 bits per heavy atom. The van der Waals surface area contributed by atoms with Crippen molar-refractivity contribution in [3.63, 3.8) is 0 Å². The molecule has 3 nitrogen and oxygen atoms in total. The molecule has 0 spiro atoms. The summed E-state index contributed by atoms with van der Waals surface area (Å²) in [5.41, 5.74) is -0.0932. The summed E-state index contributed by atoms with van der Waals surface area (Å²) in [5.74, 6) is -2.87. The Balaban J connectivity index is 2.33. The number of halogens is 2. The Morgan fingerprint density at radius 2 is 1.89 bits per heavy atom. The van der Waals surface area contributed by atoms with Crippen LogP contribution in [-0.4, -0.2) is 25.2 Å². The number of Topliss-reactive ketones (excluding diaryl/α,β-unsaturated/α-hetero) is 1. The number of rotatable bonds is 2. The number of benzene rings is 1. The van der Waals surface area contributed by atoms with E-state index in [2.05, 4.69) is 0 Å². The summed E-state index contributed by atoms with van der Waals surface area (Å²) in [7, 11) is -3.46. The summed E-state index contributed by atoms with van der Waals surface area (Å²) in [6, 6.07) is 2.70. The summed E-state index contributed by atoms with van der Waals surface area (Å²) in [6.45, 7) is 0. The Kier molecular flexibility index (Phi) is 3.47. The van der Waals surface area contributed by atoms with Gasteiger partial charge in [0.25, 0.3) is 0 Å². The number of carbonyl (C=O) groups excluding carboxylic acids is 1. The van der Waals surface area contributed by atoms with E-state index in [9.17, 15) is 22.0 Å². The normalized spacial score (nSPS) is 22.7. The Labute approximate surface area is 104 Å². The molecule has 2 rings (SSSR count). The first-order valence-corrected chi connectivity index (χ1v) is 7.34. The molecule has 0 radical (unpaired) electrons. The van der Waals surface area contributed by atoms with Crippen LogP contribution >= 0.6 is 0 Å². The van der Waals surface area contributed by atoms with Crippen LogP contribution in [0.25, 0.3) is 0 Å². The molecule has 0 aromatic heterocycles. The number of ketones is 1. The number of carbonyl (C=O) groups is 1. The van der Waals surface area contributed by atoms with Crippen LogP contribution in [0.2, 0.25) is 0 Å². The summed E-state index contributed by atoms with van der Waals surface area (Å²) < 4.78 is 49.3. The molecule has 1 aliphatic heterocycles. The first-order valence-electron chi connectivity index (χ1n) is 5.62. The Bertz CT molecular complexity index is 581. The molecule has 1 aliphatic rings. The highest BCUT2D eigenvalue weighted by molar-refractivity contribution is 7.92. The predicted molar refractivity (Wildman–Crippen MR) is 62.1 cm³/mol. The van der Waals surface area contributed by atoms with Crippen LogP contribution in [-0.2, 0) is 9.84 Å². The minimum Gasteiger partial charge on any atom is -0.293 e. The minimum atomic E-state index is -3.46. The predicted octanol–water partition coefficient (Wildman–Crippen LogP) is 2.11. The largest absolute Gasteiger partial charge is 0.293 e. The molecular weight excluding hydrogens is 262 g/mol. The van der Waals surface area contributed by atoms with Crippen molar-refractivity contribution in [3.8, 4) is 0 Å². The molecule has 0 aliphatic carbocycles. The van der Waals surface area contributed by atoms with Gasteiger partial charge in [0.15, 0.2) is 27.3 Å². The smallest absolute Gasteiger partial charge is 0.181 e. The van der Waals surface area contributed by atoms with Crippen LogP contribution in [0.1, 0.15) is 29.6 Å². The van der Waals surface area contributed by atoms with E-state index >= 15 is 0 Å². The molecule has 1 aromatic carbocycles. The fraction of sp³-hybridized carbons (Fsp3) is 0.417. The molecule has 1 atom stereocenters. The van der Waals surface area contributed by atoms with Crippen LogP contribution in [0, 0.1) is 11.6 Å². The SMILES string of the molecule is O=C(c1ccc(F)c(F)c1)C1CCCCS1(=O)=O. The quantitative estimate of drug-likeness (QED) is 0.776. The van der Waals surface area contributed by atoms with Crippen LogP contribution < -0.4 is 0 Å². The second-order valence-electron chi connectivity index (χ2n) is 4.34. The molecule has 1 saturated heterocycles. The van der Waals surface area contributed by atoms with Gasteiger partial charge < -0.3 is 0 Å². The molecule has 0 N–H and O–H groups in total. The maximum Gasteiger partial charge on any atom is 0.181 e. The summed E-state index contributed by atoms with van der Waals surface area (Å²) in [5, 5.41) is -1.11. The molecule has 0 saturated carbocycles. The lowest BCUT2D eigenvalue weighted by Gasteiger charge is -2.21. The van der Waals surface area contributed by atoms with Gasteiger partial charge in [-0.15, -0.1) is 0 Å². The zero-order valence-electron chi connectivity index (χ0n) is 9.53. The highest BCUT2D eigenvalue weighted by Crippen LogP contribution is 2.23. The standard InChI is InChI=1S/C12H12F2O3S/c13-9-5-4-8(7-10(9)14)12(15)11-3-1-2-6-18(11,16)17/h4-5,7,11H,1-3,6H2. The second-order valence-corrected chi connectivity index (χ2v) is 6.65. The second kappa shape index (κ2) is 4.76. The fourth-order valence-electron chi connectivity index (χ4n) is 2.08. The van der Waals surface area contributed by atoms with Crippen molar-refractivity contribution in [1.82, 2.24) is 0 Å². The highest BCUT2D eigenvalue weighted by atomic mass is 32.2. The van der Waals surface area contributed by atoms with Crippen LogP contribution in [0.15, 0.2) is 18.2 Å². The summed E-state index contributed by atoms with van der Waals surface area (Å²) in [6.07, 6.45) is 1.45. The Hall–Kier alpha value is -1.30. The van der Waals surface area contributed by atoms with Gasteiger partial charge in [0, 0.05) is 5.56 Å². The first-order chi connectivity index (χ1) is 8.42. The molecule has 98 valence electrons. The van der Waals surface area contributed by atoms with Gasteiger partial charge in [-0.05, 0) is 31.0 Å². The van der Waals surface area contributed by atoms with Crippen molar-refractivity contribution in [2.75, 3.05) is 5.75 Å². The summed E-state index contributed by atoms with van der Waals surface area (Å²) >= 11 is 0. The first kappa shape index (κ1) is 13.1. The maximum absolute atomic E-state index is 13.0. The third kappa shape index (κ3) is 2.43. The van der Waals surface area contributed by atoms with Crippen LogP contribution in [0.4, 0.5) is 8.78 Å². The monoisotopic (exact) mass is 274 g/mol. The van der Waals surface area contributed by atoms with Crippen molar-refractivity contribution in [2.24, 2.45) is 0 Å². The Morgan fingerprint density at radius 3 is 2.50 bits per heavy atom. The van der Waals surface area contributed by atoms with Gasteiger partial charge in [-0.3, -0.25) is 4.79 Å². The lowest BCUT2D eigenvalue weighted by Crippen LogP contribution is -2.35. The van der Waals surface area contributed by atoms with Crippen molar-refractivity contribution < 1.29 is 22.0 Å². The molecule has 0 bridgehead atoms. The van der Waals surface area contributed by atoms with Crippen LogP contribution in [0.3, 0.4) is 0 Å².